The normalized spacial score (nSPS) is 14.9. The summed E-state index contributed by atoms with van der Waals surface area (Å²) in [6, 6.07) is 18.3. The van der Waals surface area contributed by atoms with E-state index in [1.807, 2.05) is 54.3 Å². The second kappa shape index (κ2) is 11.2. The van der Waals surface area contributed by atoms with Gasteiger partial charge in [-0.15, -0.1) is 0 Å². The third-order valence-electron chi connectivity index (χ3n) is 6.08. The van der Waals surface area contributed by atoms with Crippen LogP contribution >= 0.6 is 0 Å². The van der Waals surface area contributed by atoms with Gasteiger partial charge in [0.15, 0.2) is 0 Å². The fourth-order valence-corrected chi connectivity index (χ4v) is 4.34. The van der Waals surface area contributed by atoms with Crippen molar-refractivity contribution in [1.29, 1.82) is 0 Å². The van der Waals surface area contributed by atoms with Crippen molar-refractivity contribution in [2.24, 2.45) is 0 Å². The second-order valence-corrected chi connectivity index (χ2v) is 8.20. The molecule has 1 aliphatic rings. The van der Waals surface area contributed by atoms with Crippen LogP contribution < -0.4 is 4.74 Å². The first-order valence-corrected chi connectivity index (χ1v) is 11.7. The van der Waals surface area contributed by atoms with Gasteiger partial charge in [-0.2, -0.15) is 0 Å². The number of hydrogen-bond acceptors (Lipinski definition) is 4. The molecule has 0 radical (unpaired) electrons. The predicted molar refractivity (Wildman–Crippen MR) is 133 cm³/mol. The Bertz CT molecular complexity index is 1080. The largest absolute Gasteiger partial charge is 0.493 e. The van der Waals surface area contributed by atoms with Gasteiger partial charge in [-0.1, -0.05) is 48.6 Å². The standard InChI is InChI=1S/C27H33N3O3/c1-3-33-26-13-7-12-24-23(26)21-25(30(24)19-20-32-2)27(31)29-17-15-28(16-18-29)14-8-11-22-9-5-4-6-10-22/h4-13,21H,3,14-20H2,1-2H3/b11-8+. The molecule has 0 aliphatic carbocycles. The molecule has 0 atom stereocenters. The van der Waals surface area contributed by atoms with Crippen molar-refractivity contribution in [3.05, 3.63) is 71.9 Å². The zero-order valence-electron chi connectivity index (χ0n) is 19.6. The minimum absolute atomic E-state index is 0.0734. The van der Waals surface area contributed by atoms with E-state index in [1.165, 1.54) is 5.56 Å². The third-order valence-corrected chi connectivity index (χ3v) is 6.08. The molecule has 1 fully saturated rings. The topological polar surface area (TPSA) is 46.9 Å². The first kappa shape index (κ1) is 23.1. The number of piperazine rings is 1. The average Bonchev–Trinajstić information content (AvgIpc) is 3.23. The highest BCUT2D eigenvalue weighted by Gasteiger charge is 2.25. The van der Waals surface area contributed by atoms with Gasteiger partial charge in [-0.05, 0) is 30.7 Å². The molecule has 33 heavy (non-hydrogen) atoms. The fourth-order valence-electron chi connectivity index (χ4n) is 4.34. The molecular formula is C27H33N3O3. The summed E-state index contributed by atoms with van der Waals surface area (Å²) in [4.78, 5) is 17.9. The average molecular weight is 448 g/mol. The third kappa shape index (κ3) is 5.46. The van der Waals surface area contributed by atoms with Gasteiger partial charge in [0.2, 0.25) is 0 Å². The summed E-state index contributed by atoms with van der Waals surface area (Å²) in [5.41, 5.74) is 2.92. The van der Waals surface area contributed by atoms with Crippen LogP contribution in [0.4, 0.5) is 0 Å². The maximum absolute atomic E-state index is 13.5. The molecule has 4 rings (SSSR count). The van der Waals surface area contributed by atoms with Crippen molar-refractivity contribution in [3.8, 4) is 5.75 Å². The number of amides is 1. The van der Waals surface area contributed by atoms with Gasteiger partial charge >= 0.3 is 0 Å². The summed E-state index contributed by atoms with van der Waals surface area (Å²) in [5.74, 6) is 0.888. The molecule has 1 saturated heterocycles. The maximum Gasteiger partial charge on any atom is 0.270 e. The molecule has 3 aromatic rings. The lowest BCUT2D eigenvalue weighted by molar-refractivity contribution is 0.0638. The van der Waals surface area contributed by atoms with E-state index >= 15 is 0 Å². The first-order valence-electron chi connectivity index (χ1n) is 11.7. The molecule has 1 amide bonds. The van der Waals surface area contributed by atoms with Crippen LogP contribution in [0.2, 0.25) is 0 Å². The van der Waals surface area contributed by atoms with Crippen molar-refractivity contribution < 1.29 is 14.3 Å². The highest BCUT2D eigenvalue weighted by Crippen LogP contribution is 2.30. The Morgan fingerprint density at radius 3 is 2.55 bits per heavy atom. The molecule has 0 unspecified atom stereocenters. The lowest BCUT2D eigenvalue weighted by Gasteiger charge is -2.34. The highest BCUT2D eigenvalue weighted by atomic mass is 16.5. The Kier molecular flexibility index (Phi) is 7.81. The molecule has 0 bridgehead atoms. The highest BCUT2D eigenvalue weighted by molar-refractivity contribution is 6.00. The Morgan fingerprint density at radius 2 is 1.82 bits per heavy atom. The number of aromatic nitrogens is 1. The molecule has 1 aromatic heterocycles. The van der Waals surface area contributed by atoms with Crippen molar-refractivity contribution in [1.82, 2.24) is 14.4 Å². The van der Waals surface area contributed by atoms with Crippen molar-refractivity contribution in [2.45, 2.75) is 13.5 Å². The van der Waals surface area contributed by atoms with Gasteiger partial charge in [0, 0.05) is 51.8 Å². The number of hydrogen-bond donors (Lipinski definition) is 0. The Hall–Kier alpha value is -3.09. The Labute approximate surface area is 196 Å². The summed E-state index contributed by atoms with van der Waals surface area (Å²) in [6.07, 6.45) is 4.35. The Balaban J connectivity index is 1.45. The van der Waals surface area contributed by atoms with Crippen LogP contribution in [0.1, 0.15) is 23.0 Å². The fraction of sp³-hybridized carbons (Fsp3) is 0.370. The van der Waals surface area contributed by atoms with Crippen molar-refractivity contribution >= 4 is 22.9 Å². The molecule has 6 nitrogen and oxygen atoms in total. The summed E-state index contributed by atoms with van der Waals surface area (Å²) >= 11 is 0. The number of carbonyl (C=O) groups is 1. The zero-order valence-corrected chi connectivity index (χ0v) is 19.6. The molecule has 0 N–H and O–H groups in total. The SMILES string of the molecule is CCOc1cccc2c1cc(C(=O)N1CCN(C/C=C/c3ccccc3)CC1)n2CCOC. The van der Waals surface area contributed by atoms with Gasteiger partial charge < -0.3 is 18.9 Å². The minimum Gasteiger partial charge on any atom is -0.493 e. The number of rotatable bonds is 9. The van der Waals surface area contributed by atoms with E-state index in [0.717, 1.165) is 49.4 Å². The number of nitrogens with zero attached hydrogens (tertiary/aromatic N) is 3. The summed E-state index contributed by atoms with van der Waals surface area (Å²) < 4.78 is 13.2. The predicted octanol–water partition coefficient (Wildman–Crippen LogP) is 4.16. The van der Waals surface area contributed by atoms with Gasteiger partial charge in [0.25, 0.3) is 5.91 Å². The summed E-state index contributed by atoms with van der Waals surface area (Å²) in [6.45, 7) is 7.81. The van der Waals surface area contributed by atoms with E-state index in [2.05, 4.69) is 33.8 Å². The van der Waals surface area contributed by atoms with Crippen LogP contribution in [-0.2, 0) is 11.3 Å². The molecule has 6 heteroatoms. The van der Waals surface area contributed by atoms with Gasteiger partial charge in [-0.25, -0.2) is 0 Å². The molecular weight excluding hydrogens is 414 g/mol. The van der Waals surface area contributed by atoms with E-state index in [-0.39, 0.29) is 5.91 Å². The van der Waals surface area contributed by atoms with Gasteiger partial charge in [0.1, 0.15) is 11.4 Å². The van der Waals surface area contributed by atoms with Crippen LogP contribution in [0.15, 0.2) is 60.7 Å². The second-order valence-electron chi connectivity index (χ2n) is 8.20. The lowest BCUT2D eigenvalue weighted by atomic mass is 10.2. The number of fused-ring (bicyclic) bond motifs is 1. The van der Waals surface area contributed by atoms with Crippen LogP contribution in [0.3, 0.4) is 0 Å². The summed E-state index contributed by atoms with van der Waals surface area (Å²) in [5, 5.41) is 0.975. The smallest absolute Gasteiger partial charge is 0.270 e. The summed E-state index contributed by atoms with van der Waals surface area (Å²) in [7, 11) is 1.68. The Morgan fingerprint density at radius 1 is 1.03 bits per heavy atom. The first-order chi connectivity index (χ1) is 16.2. The molecule has 174 valence electrons. The molecule has 0 saturated carbocycles. The van der Waals surface area contributed by atoms with Crippen LogP contribution in [0.5, 0.6) is 5.75 Å². The van der Waals surface area contributed by atoms with Crippen LogP contribution in [0, 0.1) is 0 Å². The van der Waals surface area contributed by atoms with E-state index < -0.39 is 0 Å². The molecule has 1 aliphatic heterocycles. The van der Waals surface area contributed by atoms with Crippen LogP contribution in [0.25, 0.3) is 17.0 Å². The van der Waals surface area contributed by atoms with Crippen molar-refractivity contribution in [2.75, 3.05) is 53.0 Å². The zero-order chi connectivity index (χ0) is 23.0. The van der Waals surface area contributed by atoms with E-state index in [1.54, 1.807) is 7.11 Å². The van der Waals surface area contributed by atoms with E-state index in [9.17, 15) is 4.79 Å². The van der Waals surface area contributed by atoms with Crippen LogP contribution in [-0.4, -0.2) is 73.3 Å². The quantitative estimate of drug-likeness (QED) is 0.494. The van der Waals surface area contributed by atoms with Gasteiger partial charge in [0.05, 0.1) is 18.7 Å². The lowest BCUT2D eigenvalue weighted by Crippen LogP contribution is -2.49. The number of carbonyl (C=O) groups excluding carboxylic acids is 1. The minimum atomic E-state index is 0.0734. The monoisotopic (exact) mass is 447 g/mol. The van der Waals surface area contributed by atoms with E-state index in [4.69, 9.17) is 9.47 Å². The maximum atomic E-state index is 13.5. The number of ether oxygens (including phenoxy) is 2. The molecule has 2 aromatic carbocycles. The van der Waals surface area contributed by atoms with Gasteiger partial charge in [-0.3, -0.25) is 9.69 Å². The molecule has 2 heterocycles. The number of benzene rings is 2. The number of methoxy groups -OCH3 is 1. The van der Waals surface area contributed by atoms with Crippen molar-refractivity contribution in [3.63, 3.8) is 0 Å². The molecule has 0 spiro atoms. The van der Waals surface area contributed by atoms with E-state index in [0.29, 0.717) is 25.5 Å².